The van der Waals surface area contributed by atoms with E-state index in [0.29, 0.717) is 5.69 Å². The number of carboxylic acid groups (broad SMARTS) is 1. The maximum atomic E-state index is 11.1. The molecule has 0 saturated carbocycles. The van der Waals surface area contributed by atoms with Crippen molar-refractivity contribution in [2.75, 3.05) is 0 Å². The van der Waals surface area contributed by atoms with Crippen molar-refractivity contribution in [3.63, 3.8) is 0 Å². The summed E-state index contributed by atoms with van der Waals surface area (Å²) in [5.41, 5.74) is 2.41. The molecule has 0 atom stereocenters. The van der Waals surface area contributed by atoms with E-state index in [1.54, 1.807) is 0 Å². The molecule has 0 bridgehead atoms. The van der Waals surface area contributed by atoms with Crippen LogP contribution in [-0.2, 0) is 0 Å². The maximum Gasteiger partial charge on any atom is 0.339 e. The van der Waals surface area contributed by atoms with E-state index in [0.717, 1.165) is 11.1 Å². The third-order valence-electron chi connectivity index (χ3n) is 2.46. The van der Waals surface area contributed by atoms with Crippen molar-refractivity contribution >= 4 is 18.2 Å². The van der Waals surface area contributed by atoms with Crippen LogP contribution in [0.4, 0.5) is 0 Å². The van der Waals surface area contributed by atoms with Crippen molar-refractivity contribution < 1.29 is 9.90 Å². The third kappa shape index (κ3) is 2.24. The summed E-state index contributed by atoms with van der Waals surface area (Å²) in [4.78, 5) is 17.8. The van der Waals surface area contributed by atoms with Crippen molar-refractivity contribution in [3.05, 3.63) is 46.4 Å². The highest BCUT2D eigenvalue weighted by molar-refractivity contribution is 7.71. The highest BCUT2D eigenvalue weighted by Crippen LogP contribution is 2.24. The summed E-state index contributed by atoms with van der Waals surface area (Å²) >= 11 is 4.93. The number of benzene rings is 1. The Morgan fingerprint density at radius 1 is 1.41 bits per heavy atom. The SMILES string of the molecule is Cc1ccccc1-c1[nH]c(=S)ncc1C(=O)O. The van der Waals surface area contributed by atoms with Gasteiger partial charge in [-0.1, -0.05) is 24.3 Å². The molecule has 17 heavy (non-hydrogen) atoms. The number of carboxylic acids is 1. The molecule has 1 aromatic carbocycles. The first-order valence-electron chi connectivity index (χ1n) is 4.98. The second kappa shape index (κ2) is 4.47. The third-order valence-corrected chi connectivity index (χ3v) is 2.66. The molecule has 0 unspecified atom stereocenters. The fourth-order valence-corrected chi connectivity index (χ4v) is 1.78. The summed E-state index contributed by atoms with van der Waals surface area (Å²) in [6.45, 7) is 1.91. The van der Waals surface area contributed by atoms with Crippen LogP contribution in [0.1, 0.15) is 15.9 Å². The minimum absolute atomic E-state index is 0.118. The molecule has 1 aromatic heterocycles. The van der Waals surface area contributed by atoms with Gasteiger partial charge in [0.25, 0.3) is 0 Å². The van der Waals surface area contributed by atoms with Crippen LogP contribution in [0.15, 0.2) is 30.5 Å². The van der Waals surface area contributed by atoms with Crippen LogP contribution in [0, 0.1) is 11.7 Å². The Morgan fingerprint density at radius 3 is 2.76 bits per heavy atom. The molecule has 0 aliphatic carbocycles. The smallest absolute Gasteiger partial charge is 0.339 e. The van der Waals surface area contributed by atoms with Gasteiger partial charge in [-0.2, -0.15) is 0 Å². The number of nitrogens with one attached hydrogen (secondary N) is 1. The summed E-state index contributed by atoms with van der Waals surface area (Å²) in [6, 6.07) is 7.51. The molecule has 1 heterocycles. The molecule has 86 valence electrons. The van der Waals surface area contributed by atoms with E-state index < -0.39 is 5.97 Å². The lowest BCUT2D eigenvalue weighted by atomic mass is 10.0. The number of carbonyl (C=O) groups is 1. The molecule has 0 aliphatic rings. The average molecular weight is 246 g/mol. The lowest BCUT2D eigenvalue weighted by Crippen LogP contribution is -2.04. The van der Waals surface area contributed by atoms with E-state index in [2.05, 4.69) is 9.97 Å². The number of aryl methyl sites for hydroxylation is 1. The van der Waals surface area contributed by atoms with E-state index in [1.165, 1.54) is 6.20 Å². The van der Waals surface area contributed by atoms with Crippen LogP contribution >= 0.6 is 12.2 Å². The lowest BCUT2D eigenvalue weighted by Gasteiger charge is -2.08. The molecule has 2 aromatic rings. The zero-order valence-corrected chi connectivity index (χ0v) is 9.91. The number of nitrogens with zero attached hydrogens (tertiary/aromatic N) is 1. The minimum Gasteiger partial charge on any atom is -0.478 e. The topological polar surface area (TPSA) is 66.0 Å². The molecular weight excluding hydrogens is 236 g/mol. The summed E-state index contributed by atoms with van der Waals surface area (Å²) in [5.74, 6) is -1.03. The molecule has 0 amide bonds. The quantitative estimate of drug-likeness (QED) is 0.800. The van der Waals surface area contributed by atoms with Crippen molar-refractivity contribution in [1.82, 2.24) is 9.97 Å². The average Bonchev–Trinajstić information content (AvgIpc) is 2.29. The summed E-state index contributed by atoms with van der Waals surface area (Å²) in [5, 5.41) is 9.11. The first kappa shape index (κ1) is 11.5. The van der Waals surface area contributed by atoms with Crippen molar-refractivity contribution in [3.8, 4) is 11.3 Å². The number of aromatic nitrogens is 2. The Bertz CT molecular complexity index is 634. The largest absolute Gasteiger partial charge is 0.478 e. The number of hydrogen-bond donors (Lipinski definition) is 2. The van der Waals surface area contributed by atoms with E-state index in [4.69, 9.17) is 17.3 Å². The monoisotopic (exact) mass is 246 g/mol. The van der Waals surface area contributed by atoms with Gasteiger partial charge in [0.2, 0.25) is 0 Å². The molecule has 5 heteroatoms. The number of aromatic amines is 1. The minimum atomic E-state index is -1.03. The first-order chi connectivity index (χ1) is 8.09. The van der Waals surface area contributed by atoms with Gasteiger partial charge in [0.05, 0.1) is 5.69 Å². The van der Waals surface area contributed by atoms with Crippen molar-refractivity contribution in [2.24, 2.45) is 0 Å². The second-order valence-electron chi connectivity index (χ2n) is 3.60. The van der Waals surface area contributed by atoms with Crippen LogP contribution in [0.2, 0.25) is 0 Å². The number of hydrogen-bond acceptors (Lipinski definition) is 3. The van der Waals surface area contributed by atoms with Gasteiger partial charge in [0.15, 0.2) is 4.77 Å². The van der Waals surface area contributed by atoms with Crippen LogP contribution in [0.5, 0.6) is 0 Å². The van der Waals surface area contributed by atoms with E-state index in [9.17, 15) is 4.79 Å². The van der Waals surface area contributed by atoms with Crippen LogP contribution in [-0.4, -0.2) is 21.0 Å². The van der Waals surface area contributed by atoms with E-state index in [1.807, 2.05) is 31.2 Å². The Labute approximate surface area is 103 Å². The van der Waals surface area contributed by atoms with E-state index in [-0.39, 0.29) is 10.3 Å². The highest BCUT2D eigenvalue weighted by atomic mass is 32.1. The second-order valence-corrected chi connectivity index (χ2v) is 3.98. The van der Waals surface area contributed by atoms with Crippen molar-refractivity contribution in [1.29, 1.82) is 0 Å². The molecule has 2 rings (SSSR count). The predicted octanol–water partition coefficient (Wildman–Crippen LogP) is 2.81. The standard InChI is InChI=1S/C12H10N2O2S/c1-7-4-2-3-5-8(7)10-9(11(15)16)6-13-12(17)14-10/h2-6H,1H3,(H,15,16)(H,13,14,17). The maximum absolute atomic E-state index is 11.1. The fraction of sp³-hybridized carbons (Fsp3) is 0.0833. The summed E-state index contributed by atoms with van der Waals surface area (Å²) in [6.07, 6.45) is 1.28. The number of H-pyrrole nitrogens is 1. The van der Waals surface area contributed by atoms with Gasteiger partial charge in [-0.05, 0) is 24.7 Å². The zero-order valence-electron chi connectivity index (χ0n) is 9.10. The Morgan fingerprint density at radius 2 is 2.12 bits per heavy atom. The van der Waals surface area contributed by atoms with Crippen LogP contribution < -0.4 is 0 Å². The van der Waals surface area contributed by atoms with Gasteiger partial charge in [-0.3, -0.25) is 0 Å². The highest BCUT2D eigenvalue weighted by Gasteiger charge is 2.13. The lowest BCUT2D eigenvalue weighted by molar-refractivity contribution is 0.0697. The number of rotatable bonds is 2. The zero-order chi connectivity index (χ0) is 12.4. The molecular formula is C12H10N2O2S. The molecule has 4 nitrogen and oxygen atoms in total. The first-order valence-corrected chi connectivity index (χ1v) is 5.39. The van der Waals surface area contributed by atoms with Gasteiger partial charge in [0.1, 0.15) is 5.56 Å². The predicted molar refractivity (Wildman–Crippen MR) is 66.6 cm³/mol. The van der Waals surface area contributed by atoms with Gasteiger partial charge in [-0.15, -0.1) is 0 Å². The summed E-state index contributed by atoms with van der Waals surface area (Å²) in [7, 11) is 0. The molecule has 0 saturated heterocycles. The van der Waals surface area contributed by atoms with Crippen LogP contribution in [0.25, 0.3) is 11.3 Å². The molecule has 2 N–H and O–H groups in total. The molecule has 0 fully saturated rings. The van der Waals surface area contributed by atoms with Gasteiger partial charge in [-0.25, -0.2) is 9.78 Å². The van der Waals surface area contributed by atoms with Gasteiger partial charge in [0, 0.05) is 11.8 Å². The molecule has 0 spiro atoms. The Balaban J connectivity index is 2.74. The summed E-state index contributed by atoms with van der Waals surface area (Å²) < 4.78 is 0.272. The van der Waals surface area contributed by atoms with Crippen LogP contribution in [0.3, 0.4) is 0 Å². The van der Waals surface area contributed by atoms with Gasteiger partial charge < -0.3 is 10.1 Å². The van der Waals surface area contributed by atoms with E-state index >= 15 is 0 Å². The fourth-order valence-electron chi connectivity index (χ4n) is 1.62. The Kier molecular flexibility index (Phi) is 3.01. The normalized spacial score (nSPS) is 10.2. The Hall–Kier alpha value is -2.01. The van der Waals surface area contributed by atoms with Crippen molar-refractivity contribution in [2.45, 2.75) is 6.92 Å². The molecule has 0 aliphatic heterocycles. The molecule has 0 radical (unpaired) electrons. The van der Waals surface area contributed by atoms with Gasteiger partial charge >= 0.3 is 5.97 Å². The number of aromatic carboxylic acids is 1.